The van der Waals surface area contributed by atoms with E-state index in [9.17, 15) is 18.0 Å². The van der Waals surface area contributed by atoms with E-state index in [1.807, 2.05) is 0 Å². The maximum Gasteiger partial charge on any atom is 0.248 e. The minimum Gasteiger partial charge on any atom is -0.340 e. The molecule has 2 heterocycles. The molecule has 1 aromatic rings. The number of hydrogen-bond donors (Lipinski definition) is 2. The Morgan fingerprint density at radius 2 is 2.10 bits per heavy atom. The van der Waals surface area contributed by atoms with Crippen LogP contribution in [0.15, 0.2) is 23.0 Å². The molecule has 0 atom stereocenters. The molecule has 1 amide bonds. The van der Waals surface area contributed by atoms with Gasteiger partial charge in [0.15, 0.2) is 0 Å². The fourth-order valence-corrected chi connectivity index (χ4v) is 3.05. The zero-order valence-corrected chi connectivity index (χ0v) is 11.8. The van der Waals surface area contributed by atoms with E-state index < -0.39 is 10.0 Å². The third kappa shape index (κ3) is 4.17. The summed E-state index contributed by atoms with van der Waals surface area (Å²) in [4.78, 5) is 27.4. The van der Waals surface area contributed by atoms with Crippen LogP contribution in [0.3, 0.4) is 0 Å². The van der Waals surface area contributed by atoms with Crippen molar-refractivity contribution >= 4 is 15.9 Å². The van der Waals surface area contributed by atoms with Crippen molar-refractivity contribution in [2.24, 2.45) is 0 Å². The van der Waals surface area contributed by atoms with Crippen LogP contribution in [0.1, 0.15) is 12.1 Å². The molecule has 0 radical (unpaired) electrons. The second-order valence-corrected chi connectivity index (χ2v) is 6.56. The van der Waals surface area contributed by atoms with Gasteiger partial charge in [-0.25, -0.2) is 13.1 Å². The number of hydrogen-bond acceptors (Lipinski definition) is 4. The van der Waals surface area contributed by atoms with E-state index in [0.29, 0.717) is 18.7 Å². The van der Waals surface area contributed by atoms with Gasteiger partial charge >= 0.3 is 0 Å². The van der Waals surface area contributed by atoms with Gasteiger partial charge in [0.05, 0.1) is 5.75 Å². The fourth-order valence-electron chi connectivity index (χ4n) is 2.04. The molecule has 1 aromatic heterocycles. The summed E-state index contributed by atoms with van der Waals surface area (Å²) in [7, 11) is -3.25. The molecule has 0 bridgehead atoms. The highest BCUT2D eigenvalue weighted by molar-refractivity contribution is 7.89. The molecule has 0 saturated carbocycles. The van der Waals surface area contributed by atoms with E-state index in [1.54, 1.807) is 17.0 Å². The van der Waals surface area contributed by atoms with Crippen LogP contribution < -0.4 is 10.3 Å². The lowest BCUT2D eigenvalue weighted by Crippen LogP contribution is -2.35. The molecule has 1 saturated heterocycles. The maximum atomic E-state index is 12.0. The molecule has 110 valence electrons. The van der Waals surface area contributed by atoms with Crippen molar-refractivity contribution in [1.29, 1.82) is 0 Å². The zero-order valence-electron chi connectivity index (χ0n) is 11.0. The van der Waals surface area contributed by atoms with Gasteiger partial charge in [0.2, 0.25) is 21.5 Å². The van der Waals surface area contributed by atoms with Crippen LogP contribution in [0, 0.1) is 0 Å². The Morgan fingerprint density at radius 1 is 1.30 bits per heavy atom. The third-order valence-electron chi connectivity index (χ3n) is 3.12. The van der Waals surface area contributed by atoms with Gasteiger partial charge in [-0.3, -0.25) is 9.59 Å². The summed E-state index contributed by atoms with van der Waals surface area (Å²) >= 11 is 0. The van der Waals surface area contributed by atoms with Crippen molar-refractivity contribution in [3.8, 4) is 0 Å². The van der Waals surface area contributed by atoms with E-state index in [1.165, 1.54) is 6.07 Å². The molecular weight excluding hydrogens is 282 g/mol. The number of amides is 1. The highest BCUT2D eigenvalue weighted by Gasteiger charge is 2.21. The molecule has 7 nitrogen and oxygen atoms in total. The first kappa shape index (κ1) is 14.7. The van der Waals surface area contributed by atoms with Gasteiger partial charge in [-0.05, 0) is 12.5 Å². The van der Waals surface area contributed by atoms with Crippen LogP contribution in [0.5, 0.6) is 0 Å². The normalized spacial score (nSPS) is 18.5. The van der Waals surface area contributed by atoms with E-state index in [2.05, 4.69) is 9.71 Å². The zero-order chi connectivity index (χ0) is 14.6. The number of carbonyl (C=O) groups excluding carboxylic acids is 1. The van der Waals surface area contributed by atoms with Crippen molar-refractivity contribution in [3.05, 3.63) is 34.2 Å². The second-order valence-electron chi connectivity index (χ2n) is 4.63. The lowest BCUT2D eigenvalue weighted by atomic mass is 10.2. The number of nitrogens with one attached hydrogen (secondary N) is 2. The molecule has 1 fully saturated rings. The first-order chi connectivity index (χ1) is 9.46. The Morgan fingerprint density at radius 3 is 2.85 bits per heavy atom. The molecule has 2 N–H and O–H groups in total. The minimum atomic E-state index is -3.25. The first-order valence-corrected chi connectivity index (χ1v) is 8.05. The number of carbonyl (C=O) groups is 1. The molecule has 0 spiro atoms. The topological polar surface area (TPSA) is 99.3 Å². The van der Waals surface area contributed by atoms with Crippen molar-refractivity contribution in [3.63, 3.8) is 0 Å². The molecule has 0 aliphatic carbocycles. The number of sulfonamides is 1. The van der Waals surface area contributed by atoms with Gasteiger partial charge in [0.25, 0.3) is 0 Å². The van der Waals surface area contributed by atoms with Gasteiger partial charge in [0.1, 0.15) is 0 Å². The van der Waals surface area contributed by atoms with Crippen LogP contribution in [0.25, 0.3) is 0 Å². The predicted octanol–water partition coefficient (Wildman–Crippen LogP) is -0.931. The third-order valence-corrected chi connectivity index (χ3v) is 4.49. The summed E-state index contributed by atoms with van der Waals surface area (Å²) in [6, 6.07) is 4.81. The van der Waals surface area contributed by atoms with Gasteiger partial charge in [-0.15, -0.1) is 0 Å². The summed E-state index contributed by atoms with van der Waals surface area (Å²) in [6.07, 6.45) is 0.686. The van der Waals surface area contributed by atoms with Crippen LogP contribution in [0.2, 0.25) is 0 Å². The quantitative estimate of drug-likeness (QED) is 0.753. The lowest BCUT2D eigenvalue weighted by Gasteiger charge is -2.19. The number of H-pyrrole nitrogens is 1. The summed E-state index contributed by atoms with van der Waals surface area (Å²) < 4.78 is 25.2. The van der Waals surface area contributed by atoms with Gasteiger partial charge < -0.3 is 9.88 Å². The molecule has 0 unspecified atom stereocenters. The summed E-state index contributed by atoms with van der Waals surface area (Å²) in [5, 5.41) is 0. The van der Waals surface area contributed by atoms with Crippen molar-refractivity contribution in [2.75, 3.05) is 25.4 Å². The number of aryl methyl sites for hydroxylation is 1. The molecule has 8 heteroatoms. The molecule has 1 aliphatic heterocycles. The molecular formula is C12H17N3O4S. The Labute approximate surface area is 117 Å². The fraction of sp³-hybridized carbons (Fsp3) is 0.500. The van der Waals surface area contributed by atoms with E-state index in [-0.39, 0.29) is 36.7 Å². The highest BCUT2D eigenvalue weighted by Crippen LogP contribution is 2.03. The molecule has 0 aromatic carbocycles. The number of nitrogens with zero attached hydrogens (tertiary/aromatic N) is 1. The van der Waals surface area contributed by atoms with Crippen molar-refractivity contribution < 1.29 is 13.2 Å². The second kappa shape index (κ2) is 6.19. The smallest absolute Gasteiger partial charge is 0.248 e. The lowest BCUT2D eigenvalue weighted by molar-refractivity contribution is -0.130. The number of rotatable bonds is 3. The standard InChI is InChI=1S/C12H17N3O4S/c16-11-3-1-2-10(14-11)4-5-12(17)15-7-6-13-20(18,19)9-8-15/h1-3,13H,4-9H2,(H,14,16). The predicted molar refractivity (Wildman–Crippen MR) is 73.8 cm³/mol. The van der Waals surface area contributed by atoms with E-state index in [0.717, 1.165) is 0 Å². The molecule has 20 heavy (non-hydrogen) atoms. The van der Waals surface area contributed by atoms with Crippen molar-refractivity contribution in [2.45, 2.75) is 12.8 Å². The first-order valence-electron chi connectivity index (χ1n) is 6.40. The number of aromatic amines is 1. The van der Waals surface area contributed by atoms with Crippen molar-refractivity contribution in [1.82, 2.24) is 14.6 Å². The van der Waals surface area contributed by atoms with Gasteiger partial charge in [0, 0.05) is 37.8 Å². The highest BCUT2D eigenvalue weighted by atomic mass is 32.2. The summed E-state index contributed by atoms with van der Waals surface area (Å²) in [5.41, 5.74) is 0.506. The molecule has 1 aliphatic rings. The Hall–Kier alpha value is -1.67. The number of aromatic nitrogens is 1. The van der Waals surface area contributed by atoms with Crippen LogP contribution in [0.4, 0.5) is 0 Å². The monoisotopic (exact) mass is 299 g/mol. The number of pyridine rings is 1. The minimum absolute atomic E-state index is 0.0685. The van der Waals surface area contributed by atoms with Gasteiger partial charge in [-0.1, -0.05) is 6.07 Å². The summed E-state index contributed by atoms with van der Waals surface area (Å²) in [6.45, 7) is 0.832. The SMILES string of the molecule is O=C(CCc1cccc(=O)[nH]1)N1CCNS(=O)(=O)CC1. The summed E-state index contributed by atoms with van der Waals surface area (Å²) in [5.74, 6) is -0.172. The molecule has 2 rings (SSSR count). The van der Waals surface area contributed by atoms with E-state index >= 15 is 0 Å². The Kier molecular flexibility index (Phi) is 4.56. The van der Waals surface area contributed by atoms with Gasteiger partial charge in [-0.2, -0.15) is 0 Å². The Bertz CT molecular complexity index is 638. The average Bonchev–Trinajstić information content (AvgIpc) is 2.57. The largest absolute Gasteiger partial charge is 0.340 e. The Balaban J connectivity index is 1.90. The van der Waals surface area contributed by atoms with Crippen LogP contribution in [-0.4, -0.2) is 49.6 Å². The van der Waals surface area contributed by atoms with E-state index in [4.69, 9.17) is 0 Å². The maximum absolute atomic E-state index is 12.0. The van der Waals surface area contributed by atoms with Crippen LogP contribution >= 0.6 is 0 Å². The van der Waals surface area contributed by atoms with Crippen LogP contribution in [-0.2, 0) is 21.2 Å². The average molecular weight is 299 g/mol.